The molecule has 0 radical (unpaired) electrons. The molecule has 4 rings (SSSR count). The number of alkyl halides is 2. The Morgan fingerprint density at radius 2 is 2.00 bits per heavy atom. The van der Waals surface area contributed by atoms with Crippen LogP contribution in [0.5, 0.6) is 0 Å². The van der Waals surface area contributed by atoms with E-state index in [1.807, 2.05) is 0 Å². The number of nitrogens with zero attached hydrogens (tertiary/aromatic N) is 4. The van der Waals surface area contributed by atoms with E-state index in [9.17, 15) is 8.78 Å². The van der Waals surface area contributed by atoms with Gasteiger partial charge in [-0.15, -0.1) is 10.2 Å². The summed E-state index contributed by atoms with van der Waals surface area (Å²) in [6, 6.07) is 3.02. The minimum atomic E-state index is -2.69. The Balaban J connectivity index is 1.58. The minimum Gasteiger partial charge on any atom is -0.419 e. The fraction of sp³-hybridized carbons (Fsp3) is 0.533. The molecule has 22 heavy (non-hydrogen) atoms. The van der Waals surface area contributed by atoms with E-state index in [1.54, 1.807) is 29.4 Å². The maximum absolute atomic E-state index is 13.8. The number of rotatable bonds is 4. The summed E-state index contributed by atoms with van der Waals surface area (Å²) in [5.41, 5.74) is 0.743. The van der Waals surface area contributed by atoms with Gasteiger partial charge in [0, 0.05) is 30.9 Å². The van der Waals surface area contributed by atoms with Crippen LogP contribution >= 0.6 is 0 Å². The van der Waals surface area contributed by atoms with Crippen LogP contribution in [-0.4, -0.2) is 39.1 Å². The highest BCUT2D eigenvalue weighted by Crippen LogP contribution is 2.43. The summed E-state index contributed by atoms with van der Waals surface area (Å²) < 4.78 is 33.2. The molecule has 116 valence electrons. The predicted molar refractivity (Wildman–Crippen MR) is 74.1 cm³/mol. The maximum atomic E-state index is 13.8. The van der Waals surface area contributed by atoms with Crippen molar-refractivity contribution in [2.75, 3.05) is 13.1 Å². The van der Waals surface area contributed by atoms with E-state index in [0.29, 0.717) is 18.4 Å². The van der Waals surface area contributed by atoms with Crippen molar-refractivity contribution in [1.29, 1.82) is 0 Å². The first kappa shape index (κ1) is 13.8. The number of likely N-dealkylation sites (tertiary alicyclic amines) is 1. The molecule has 0 N–H and O–H groups in total. The monoisotopic (exact) mass is 306 g/mol. The first-order valence-electron chi connectivity index (χ1n) is 7.46. The second kappa shape index (κ2) is 5.08. The lowest BCUT2D eigenvalue weighted by atomic mass is 10.2. The third-order valence-electron chi connectivity index (χ3n) is 4.21. The Bertz CT molecular complexity index is 657. The Morgan fingerprint density at radius 1 is 1.23 bits per heavy atom. The molecule has 1 saturated carbocycles. The SMILES string of the molecule is FC1(F)C[C@@H](c2nnc(-c3ccncc3)o2)N(CC2CC2)C1. The van der Waals surface area contributed by atoms with Crippen molar-refractivity contribution in [3.63, 3.8) is 0 Å². The smallest absolute Gasteiger partial charge is 0.262 e. The molecule has 2 fully saturated rings. The molecule has 0 spiro atoms. The van der Waals surface area contributed by atoms with Crippen LogP contribution < -0.4 is 0 Å². The summed E-state index contributed by atoms with van der Waals surface area (Å²) in [6.45, 7) is 0.467. The van der Waals surface area contributed by atoms with E-state index >= 15 is 0 Å². The van der Waals surface area contributed by atoms with E-state index in [0.717, 1.165) is 18.4 Å². The molecule has 0 unspecified atom stereocenters. The Hall–Kier alpha value is -1.89. The lowest BCUT2D eigenvalue weighted by Crippen LogP contribution is -2.28. The molecular formula is C15H16F2N4O. The molecule has 7 heteroatoms. The number of hydrogen-bond donors (Lipinski definition) is 0. The average molecular weight is 306 g/mol. The molecule has 2 aliphatic rings. The third kappa shape index (κ3) is 2.72. The standard InChI is InChI=1S/C15H16F2N4O/c16-15(17)7-12(21(9-15)8-10-1-2-10)14-20-19-13(22-14)11-3-5-18-6-4-11/h3-6,10,12H,1-2,7-9H2/t12-/m0/s1. The molecule has 0 amide bonds. The van der Waals surface area contributed by atoms with Crippen LogP contribution in [0.15, 0.2) is 28.9 Å². The number of halogens is 2. The van der Waals surface area contributed by atoms with Crippen LogP contribution in [0.25, 0.3) is 11.5 Å². The molecular weight excluding hydrogens is 290 g/mol. The van der Waals surface area contributed by atoms with Crippen LogP contribution in [0.3, 0.4) is 0 Å². The lowest BCUT2D eigenvalue weighted by Gasteiger charge is -2.20. The van der Waals surface area contributed by atoms with Gasteiger partial charge in [-0.2, -0.15) is 0 Å². The predicted octanol–water partition coefficient (Wildman–Crippen LogP) is 2.92. The zero-order valence-corrected chi connectivity index (χ0v) is 12.0. The quantitative estimate of drug-likeness (QED) is 0.869. The molecule has 3 heterocycles. The van der Waals surface area contributed by atoms with Gasteiger partial charge >= 0.3 is 0 Å². The van der Waals surface area contributed by atoms with Gasteiger partial charge in [-0.3, -0.25) is 9.88 Å². The van der Waals surface area contributed by atoms with Gasteiger partial charge in [0.15, 0.2) is 0 Å². The van der Waals surface area contributed by atoms with Gasteiger partial charge in [0.05, 0.1) is 12.6 Å². The summed E-state index contributed by atoms with van der Waals surface area (Å²) >= 11 is 0. The molecule has 5 nitrogen and oxygen atoms in total. The number of hydrogen-bond acceptors (Lipinski definition) is 5. The molecule has 0 aromatic carbocycles. The summed E-state index contributed by atoms with van der Waals surface area (Å²) in [5, 5.41) is 8.00. The molecule has 0 bridgehead atoms. The Labute approximate surface area is 126 Å². The Morgan fingerprint density at radius 3 is 2.73 bits per heavy atom. The third-order valence-corrected chi connectivity index (χ3v) is 4.21. The first-order valence-corrected chi connectivity index (χ1v) is 7.46. The largest absolute Gasteiger partial charge is 0.419 e. The van der Waals surface area contributed by atoms with Crippen molar-refractivity contribution in [2.24, 2.45) is 5.92 Å². The zero-order valence-electron chi connectivity index (χ0n) is 12.0. The van der Waals surface area contributed by atoms with Crippen molar-refractivity contribution in [3.8, 4) is 11.5 Å². The normalized spacial score (nSPS) is 24.7. The number of aromatic nitrogens is 3. The van der Waals surface area contributed by atoms with Crippen molar-refractivity contribution in [2.45, 2.75) is 31.2 Å². The minimum absolute atomic E-state index is 0.221. The van der Waals surface area contributed by atoms with Gasteiger partial charge in [0.25, 0.3) is 5.92 Å². The van der Waals surface area contributed by atoms with Gasteiger partial charge in [-0.1, -0.05) is 0 Å². The summed E-state index contributed by atoms with van der Waals surface area (Å²) in [5.74, 6) is -1.52. The van der Waals surface area contributed by atoms with E-state index in [1.165, 1.54) is 0 Å². The van der Waals surface area contributed by atoms with Crippen molar-refractivity contribution >= 4 is 0 Å². The molecule has 1 atom stereocenters. The van der Waals surface area contributed by atoms with Crippen LogP contribution in [-0.2, 0) is 0 Å². The van der Waals surface area contributed by atoms with Crippen molar-refractivity contribution < 1.29 is 13.2 Å². The van der Waals surface area contributed by atoms with Gasteiger partial charge in [-0.25, -0.2) is 8.78 Å². The zero-order chi connectivity index (χ0) is 15.2. The molecule has 1 saturated heterocycles. The number of pyridine rings is 1. The fourth-order valence-corrected chi connectivity index (χ4v) is 2.93. The van der Waals surface area contributed by atoms with E-state index in [-0.39, 0.29) is 18.9 Å². The first-order chi connectivity index (χ1) is 10.6. The average Bonchev–Trinajstić information content (AvgIpc) is 3.08. The van der Waals surface area contributed by atoms with Crippen molar-refractivity contribution in [1.82, 2.24) is 20.1 Å². The van der Waals surface area contributed by atoms with E-state index < -0.39 is 12.0 Å². The molecule has 2 aromatic heterocycles. The topological polar surface area (TPSA) is 55.1 Å². The van der Waals surface area contributed by atoms with E-state index in [4.69, 9.17) is 4.42 Å². The lowest BCUT2D eigenvalue weighted by molar-refractivity contribution is 0.0116. The highest BCUT2D eigenvalue weighted by Gasteiger charge is 2.48. The summed E-state index contributed by atoms with van der Waals surface area (Å²) in [4.78, 5) is 5.72. The van der Waals surface area contributed by atoms with Crippen molar-refractivity contribution in [3.05, 3.63) is 30.4 Å². The second-order valence-corrected chi connectivity index (χ2v) is 6.13. The second-order valence-electron chi connectivity index (χ2n) is 6.13. The highest BCUT2D eigenvalue weighted by molar-refractivity contribution is 5.50. The Kier molecular flexibility index (Phi) is 3.18. The van der Waals surface area contributed by atoms with Gasteiger partial charge in [-0.05, 0) is 30.9 Å². The maximum Gasteiger partial charge on any atom is 0.262 e. The van der Waals surface area contributed by atoms with Crippen LogP contribution in [0.1, 0.15) is 31.2 Å². The van der Waals surface area contributed by atoms with E-state index in [2.05, 4.69) is 15.2 Å². The summed E-state index contributed by atoms with van der Waals surface area (Å²) in [6.07, 6.45) is 5.25. The van der Waals surface area contributed by atoms with Gasteiger partial charge < -0.3 is 4.42 Å². The van der Waals surface area contributed by atoms with Gasteiger partial charge in [0.1, 0.15) is 0 Å². The fourth-order valence-electron chi connectivity index (χ4n) is 2.93. The van der Waals surface area contributed by atoms with Crippen LogP contribution in [0.2, 0.25) is 0 Å². The highest BCUT2D eigenvalue weighted by atomic mass is 19.3. The van der Waals surface area contributed by atoms with Gasteiger partial charge in [0.2, 0.25) is 11.8 Å². The van der Waals surface area contributed by atoms with Crippen LogP contribution in [0, 0.1) is 5.92 Å². The molecule has 1 aliphatic carbocycles. The molecule has 2 aromatic rings. The van der Waals surface area contributed by atoms with Crippen LogP contribution in [0.4, 0.5) is 8.78 Å². The summed E-state index contributed by atoms with van der Waals surface area (Å²) in [7, 11) is 0. The molecule has 1 aliphatic heterocycles.